The fourth-order valence-corrected chi connectivity index (χ4v) is 3.03. The summed E-state index contributed by atoms with van der Waals surface area (Å²) in [5, 5.41) is 8.63. The van der Waals surface area contributed by atoms with Gasteiger partial charge in [0, 0.05) is 18.2 Å². The zero-order chi connectivity index (χ0) is 19.4. The van der Waals surface area contributed by atoms with Crippen LogP contribution < -0.4 is 14.4 Å². The summed E-state index contributed by atoms with van der Waals surface area (Å²) in [6.07, 6.45) is 2.39. The molecule has 1 aliphatic rings. The fourth-order valence-electron chi connectivity index (χ4n) is 2.76. The first-order valence-corrected chi connectivity index (χ1v) is 8.93. The Morgan fingerprint density at radius 1 is 1.26 bits per heavy atom. The quantitative estimate of drug-likeness (QED) is 0.559. The number of hydrogen-bond donors (Lipinski definition) is 0. The van der Waals surface area contributed by atoms with Crippen LogP contribution >= 0.6 is 11.6 Å². The Hall–Kier alpha value is -2.86. The van der Waals surface area contributed by atoms with Crippen molar-refractivity contribution in [2.75, 3.05) is 25.7 Å². The van der Waals surface area contributed by atoms with Crippen molar-refractivity contribution in [3.05, 3.63) is 52.5 Å². The van der Waals surface area contributed by atoms with Crippen LogP contribution in [0.25, 0.3) is 0 Å². The normalized spacial score (nSPS) is 14.9. The van der Waals surface area contributed by atoms with Crippen LogP contribution in [0, 0.1) is 0 Å². The fraction of sp³-hybridized carbons (Fsp3) is 0.250. The number of hydrogen-bond acceptors (Lipinski definition) is 5. The number of benzene rings is 2. The monoisotopic (exact) mass is 385 g/mol. The zero-order valence-corrected chi connectivity index (χ0v) is 16.2. The van der Waals surface area contributed by atoms with E-state index < -0.39 is 0 Å². The average molecular weight is 386 g/mol. The number of likely N-dealkylation sites (N-methyl/N-ethyl adjacent to an activating group) is 1. The van der Waals surface area contributed by atoms with E-state index in [0.717, 1.165) is 17.7 Å². The highest BCUT2D eigenvalue weighted by atomic mass is 35.5. The van der Waals surface area contributed by atoms with Crippen molar-refractivity contribution in [1.29, 1.82) is 0 Å². The summed E-state index contributed by atoms with van der Waals surface area (Å²) in [7, 11) is 3.27. The molecule has 0 aliphatic carbocycles. The van der Waals surface area contributed by atoms with E-state index in [1.165, 1.54) is 6.21 Å². The summed E-state index contributed by atoms with van der Waals surface area (Å²) in [5.41, 5.74) is 2.59. The van der Waals surface area contributed by atoms with Gasteiger partial charge in [-0.1, -0.05) is 36.7 Å². The maximum atomic E-state index is 12.4. The van der Waals surface area contributed by atoms with Crippen LogP contribution in [-0.4, -0.2) is 38.6 Å². The molecule has 1 aliphatic heterocycles. The van der Waals surface area contributed by atoms with Crippen molar-refractivity contribution in [3.63, 3.8) is 0 Å². The Labute approximate surface area is 163 Å². The van der Waals surface area contributed by atoms with Crippen molar-refractivity contribution in [3.8, 4) is 11.5 Å². The lowest BCUT2D eigenvalue weighted by atomic mass is 10.1. The van der Waals surface area contributed by atoms with Gasteiger partial charge >= 0.3 is 0 Å². The second-order valence-electron chi connectivity index (χ2n) is 5.96. The topological polar surface area (TPSA) is 63.5 Å². The molecule has 1 amide bonds. The first-order chi connectivity index (χ1) is 13.1. The number of carbonyl (C=O) groups excluding carboxylic acids is 1. The lowest BCUT2D eigenvalue weighted by Crippen LogP contribution is -2.25. The molecule has 0 aromatic heterocycles. The SMILES string of the molecule is CCCOc1c(Cl)cc(/C=N\N=C2/C(=O)N(C)c3ccccc32)cc1OC. The number of rotatable bonds is 6. The number of anilines is 1. The van der Waals surface area contributed by atoms with Gasteiger partial charge in [0.25, 0.3) is 5.91 Å². The van der Waals surface area contributed by atoms with Gasteiger partial charge in [0.15, 0.2) is 17.2 Å². The van der Waals surface area contributed by atoms with Crippen LogP contribution in [0.15, 0.2) is 46.6 Å². The molecule has 0 spiro atoms. The minimum absolute atomic E-state index is 0.188. The Balaban J connectivity index is 1.88. The van der Waals surface area contributed by atoms with Crippen molar-refractivity contribution in [1.82, 2.24) is 0 Å². The second kappa shape index (κ2) is 8.22. The second-order valence-corrected chi connectivity index (χ2v) is 6.36. The molecule has 0 saturated carbocycles. The van der Waals surface area contributed by atoms with Gasteiger partial charge in [0.05, 0.1) is 30.6 Å². The van der Waals surface area contributed by atoms with E-state index in [0.29, 0.717) is 34.4 Å². The van der Waals surface area contributed by atoms with Gasteiger partial charge < -0.3 is 14.4 Å². The molecule has 0 unspecified atom stereocenters. The van der Waals surface area contributed by atoms with Crippen LogP contribution in [0.2, 0.25) is 5.02 Å². The van der Waals surface area contributed by atoms with Crippen molar-refractivity contribution < 1.29 is 14.3 Å². The standard InChI is InChI=1S/C20H20ClN3O3/c1-4-9-27-19-15(21)10-13(11-17(19)26-3)12-22-23-18-14-7-5-6-8-16(14)24(2)20(18)25/h5-8,10-12H,4,9H2,1-3H3/b22-12-,23-18-. The maximum absolute atomic E-state index is 12.4. The highest BCUT2D eigenvalue weighted by molar-refractivity contribution is 6.54. The molecule has 6 nitrogen and oxygen atoms in total. The molecule has 1 heterocycles. The van der Waals surface area contributed by atoms with Crippen LogP contribution in [0.5, 0.6) is 11.5 Å². The third-order valence-corrected chi connectivity index (χ3v) is 4.38. The van der Waals surface area contributed by atoms with Crippen molar-refractivity contribution in [2.45, 2.75) is 13.3 Å². The predicted molar refractivity (Wildman–Crippen MR) is 108 cm³/mol. The van der Waals surface area contributed by atoms with E-state index in [9.17, 15) is 4.79 Å². The van der Waals surface area contributed by atoms with E-state index in [1.807, 2.05) is 31.2 Å². The Bertz CT molecular complexity index is 925. The first kappa shape index (κ1) is 18.9. The molecular weight excluding hydrogens is 366 g/mol. The number of methoxy groups -OCH3 is 1. The lowest BCUT2D eigenvalue weighted by molar-refractivity contribution is -0.111. The molecule has 7 heteroatoms. The molecule has 0 radical (unpaired) electrons. The number of ether oxygens (including phenoxy) is 2. The number of amides is 1. The molecule has 0 bridgehead atoms. The Morgan fingerprint density at radius 2 is 2.04 bits per heavy atom. The number of halogens is 1. The summed E-state index contributed by atoms with van der Waals surface area (Å²) < 4.78 is 11.0. The summed E-state index contributed by atoms with van der Waals surface area (Å²) >= 11 is 6.30. The van der Waals surface area contributed by atoms with Crippen LogP contribution in [-0.2, 0) is 4.79 Å². The van der Waals surface area contributed by atoms with Gasteiger partial charge in [-0.3, -0.25) is 4.79 Å². The Kier molecular flexibility index (Phi) is 5.76. The van der Waals surface area contributed by atoms with Gasteiger partial charge in [-0.05, 0) is 24.6 Å². The highest BCUT2D eigenvalue weighted by Gasteiger charge is 2.30. The molecule has 140 valence electrons. The van der Waals surface area contributed by atoms with Crippen LogP contribution in [0.3, 0.4) is 0 Å². The lowest BCUT2D eigenvalue weighted by Gasteiger charge is -2.12. The summed E-state index contributed by atoms with van der Waals surface area (Å²) in [4.78, 5) is 13.9. The van der Waals surface area contributed by atoms with E-state index in [1.54, 1.807) is 31.2 Å². The smallest absolute Gasteiger partial charge is 0.279 e. The molecular formula is C20H20ClN3O3. The van der Waals surface area contributed by atoms with Gasteiger partial charge in [0.2, 0.25) is 0 Å². The van der Waals surface area contributed by atoms with Crippen LogP contribution in [0.1, 0.15) is 24.5 Å². The van der Waals surface area contributed by atoms with Gasteiger partial charge in [-0.2, -0.15) is 5.10 Å². The van der Waals surface area contributed by atoms with E-state index in [2.05, 4.69) is 10.2 Å². The zero-order valence-electron chi connectivity index (χ0n) is 15.4. The largest absolute Gasteiger partial charge is 0.493 e. The number of fused-ring (bicyclic) bond motifs is 1. The first-order valence-electron chi connectivity index (χ1n) is 8.55. The summed E-state index contributed by atoms with van der Waals surface area (Å²) in [5.74, 6) is 0.838. The number of para-hydroxylation sites is 1. The Morgan fingerprint density at radius 3 is 2.78 bits per heavy atom. The molecule has 0 fully saturated rings. The minimum Gasteiger partial charge on any atom is -0.493 e. The van der Waals surface area contributed by atoms with Crippen LogP contribution in [0.4, 0.5) is 5.69 Å². The molecule has 2 aromatic rings. The molecule has 0 saturated heterocycles. The highest BCUT2D eigenvalue weighted by Crippen LogP contribution is 2.36. The van der Waals surface area contributed by atoms with E-state index in [4.69, 9.17) is 21.1 Å². The summed E-state index contributed by atoms with van der Waals surface area (Å²) in [6.45, 7) is 2.56. The van der Waals surface area contributed by atoms with Gasteiger partial charge in [-0.25, -0.2) is 0 Å². The third kappa shape index (κ3) is 3.80. The van der Waals surface area contributed by atoms with E-state index >= 15 is 0 Å². The van der Waals surface area contributed by atoms with Crippen molar-refractivity contribution >= 4 is 35.1 Å². The number of carbonyl (C=O) groups is 1. The predicted octanol–water partition coefficient (Wildman–Crippen LogP) is 3.94. The van der Waals surface area contributed by atoms with E-state index in [-0.39, 0.29) is 5.91 Å². The molecule has 27 heavy (non-hydrogen) atoms. The minimum atomic E-state index is -0.188. The van der Waals surface area contributed by atoms with Crippen molar-refractivity contribution in [2.24, 2.45) is 10.2 Å². The average Bonchev–Trinajstić information content (AvgIpc) is 2.92. The molecule has 2 aromatic carbocycles. The molecule has 0 atom stereocenters. The van der Waals surface area contributed by atoms with Gasteiger partial charge in [-0.15, -0.1) is 5.10 Å². The third-order valence-electron chi connectivity index (χ3n) is 4.09. The molecule has 3 rings (SSSR count). The number of nitrogens with zero attached hydrogens (tertiary/aromatic N) is 3. The summed E-state index contributed by atoms with van der Waals surface area (Å²) in [6, 6.07) is 11.0. The maximum Gasteiger partial charge on any atom is 0.279 e. The molecule has 0 N–H and O–H groups in total. The van der Waals surface area contributed by atoms with Gasteiger partial charge in [0.1, 0.15) is 0 Å².